The van der Waals surface area contributed by atoms with Gasteiger partial charge in [0.25, 0.3) is 0 Å². The number of nitrogens with one attached hydrogen (secondary N) is 1. The minimum atomic E-state index is 0.638. The molecule has 0 atom stereocenters. The van der Waals surface area contributed by atoms with Crippen molar-refractivity contribution in [2.24, 2.45) is 5.41 Å². The van der Waals surface area contributed by atoms with Crippen LogP contribution in [-0.2, 0) is 6.42 Å². The second kappa shape index (κ2) is 6.52. The van der Waals surface area contributed by atoms with Gasteiger partial charge in [0.05, 0.1) is 0 Å². The average molecular weight is 285 g/mol. The van der Waals surface area contributed by atoms with E-state index in [1.807, 2.05) is 0 Å². The molecule has 0 radical (unpaired) electrons. The summed E-state index contributed by atoms with van der Waals surface area (Å²) in [5.41, 5.74) is 5.08. The molecule has 0 aliphatic heterocycles. The van der Waals surface area contributed by atoms with Crippen LogP contribution < -0.4 is 5.32 Å². The van der Waals surface area contributed by atoms with Crippen molar-refractivity contribution < 1.29 is 0 Å². The lowest BCUT2D eigenvalue weighted by atomic mass is 9.77. The maximum atomic E-state index is 3.73. The molecule has 2 aliphatic carbocycles. The van der Waals surface area contributed by atoms with Gasteiger partial charge in [0, 0.05) is 6.04 Å². The van der Waals surface area contributed by atoms with Gasteiger partial charge in [0.15, 0.2) is 0 Å². The molecule has 1 nitrogen and oxygen atoms in total. The quantitative estimate of drug-likeness (QED) is 0.748. The minimum absolute atomic E-state index is 0.638. The number of benzene rings is 1. The van der Waals surface area contributed by atoms with Crippen molar-refractivity contribution in [2.45, 2.75) is 77.7 Å². The number of rotatable bonds is 7. The Morgan fingerprint density at radius 3 is 2.52 bits per heavy atom. The van der Waals surface area contributed by atoms with Crippen LogP contribution in [0, 0.1) is 19.3 Å². The highest BCUT2D eigenvalue weighted by Gasteiger charge is 2.33. The van der Waals surface area contributed by atoms with Gasteiger partial charge in [-0.2, -0.15) is 0 Å². The Labute approximate surface area is 130 Å². The first kappa shape index (κ1) is 15.1. The minimum Gasteiger partial charge on any atom is -0.314 e. The van der Waals surface area contributed by atoms with Crippen LogP contribution in [0.5, 0.6) is 0 Å². The van der Waals surface area contributed by atoms with Crippen molar-refractivity contribution >= 4 is 0 Å². The Morgan fingerprint density at radius 1 is 1.10 bits per heavy atom. The van der Waals surface area contributed by atoms with Gasteiger partial charge in [-0.05, 0) is 81.9 Å². The summed E-state index contributed by atoms with van der Waals surface area (Å²) < 4.78 is 0. The van der Waals surface area contributed by atoms with Crippen LogP contribution >= 0.6 is 0 Å². The molecule has 1 heteroatoms. The third kappa shape index (κ3) is 4.10. The smallest absolute Gasteiger partial charge is 0.00682 e. The van der Waals surface area contributed by atoms with Crippen molar-refractivity contribution in [3.05, 3.63) is 34.9 Å². The van der Waals surface area contributed by atoms with E-state index in [0.29, 0.717) is 5.41 Å². The molecule has 2 fully saturated rings. The second-order valence-electron chi connectivity index (χ2n) is 7.62. The fourth-order valence-corrected chi connectivity index (χ4v) is 4.11. The highest BCUT2D eigenvalue weighted by molar-refractivity contribution is 5.30. The SMILES string of the molecule is Cc1ccc(CCC2(CCNC3CC3)CCCC2)c(C)c1. The van der Waals surface area contributed by atoms with Crippen LogP contribution in [0.15, 0.2) is 18.2 Å². The summed E-state index contributed by atoms with van der Waals surface area (Å²) in [6.45, 7) is 5.72. The van der Waals surface area contributed by atoms with E-state index < -0.39 is 0 Å². The molecule has 0 heterocycles. The average Bonchev–Trinajstić information content (AvgIpc) is 3.16. The Bertz CT molecular complexity index is 467. The molecular weight excluding hydrogens is 254 g/mol. The molecule has 0 unspecified atom stereocenters. The highest BCUT2D eigenvalue weighted by Crippen LogP contribution is 2.44. The molecule has 1 N–H and O–H groups in total. The molecule has 21 heavy (non-hydrogen) atoms. The van der Waals surface area contributed by atoms with Gasteiger partial charge in [0.1, 0.15) is 0 Å². The Hall–Kier alpha value is -0.820. The standard InChI is InChI=1S/C20H31N/c1-16-5-6-18(17(2)15-16)9-12-20(10-3-4-11-20)13-14-21-19-7-8-19/h5-6,15,19,21H,3-4,7-14H2,1-2H3. The van der Waals surface area contributed by atoms with E-state index in [1.165, 1.54) is 75.5 Å². The van der Waals surface area contributed by atoms with Crippen LogP contribution in [0.25, 0.3) is 0 Å². The maximum Gasteiger partial charge on any atom is 0.00682 e. The normalized spacial score (nSPS) is 20.9. The monoisotopic (exact) mass is 285 g/mol. The van der Waals surface area contributed by atoms with Crippen molar-refractivity contribution in [3.8, 4) is 0 Å². The Balaban J connectivity index is 1.56. The van der Waals surface area contributed by atoms with Crippen LogP contribution in [0.3, 0.4) is 0 Å². The van der Waals surface area contributed by atoms with E-state index in [4.69, 9.17) is 0 Å². The molecular formula is C20H31N. The van der Waals surface area contributed by atoms with E-state index in [0.717, 1.165) is 6.04 Å². The third-order valence-electron chi connectivity index (χ3n) is 5.75. The summed E-state index contributed by atoms with van der Waals surface area (Å²) in [7, 11) is 0. The van der Waals surface area contributed by atoms with Gasteiger partial charge in [-0.1, -0.05) is 36.6 Å². The molecule has 2 saturated carbocycles. The molecule has 0 aromatic heterocycles. The van der Waals surface area contributed by atoms with Gasteiger partial charge in [-0.25, -0.2) is 0 Å². The van der Waals surface area contributed by atoms with Gasteiger partial charge >= 0.3 is 0 Å². The third-order valence-corrected chi connectivity index (χ3v) is 5.75. The van der Waals surface area contributed by atoms with Crippen LogP contribution in [0.4, 0.5) is 0 Å². The topological polar surface area (TPSA) is 12.0 Å². The number of hydrogen-bond donors (Lipinski definition) is 1. The molecule has 116 valence electrons. The molecule has 1 aromatic rings. The highest BCUT2D eigenvalue weighted by atomic mass is 14.9. The number of aryl methyl sites for hydroxylation is 3. The number of hydrogen-bond acceptors (Lipinski definition) is 1. The lowest BCUT2D eigenvalue weighted by Crippen LogP contribution is -2.26. The molecule has 0 spiro atoms. The van der Waals surface area contributed by atoms with Crippen molar-refractivity contribution in [1.29, 1.82) is 0 Å². The summed E-state index contributed by atoms with van der Waals surface area (Å²) in [6.07, 6.45) is 12.7. The van der Waals surface area contributed by atoms with Crippen molar-refractivity contribution in [3.63, 3.8) is 0 Å². The Kier molecular flexibility index (Phi) is 4.69. The van der Waals surface area contributed by atoms with E-state index in [1.54, 1.807) is 5.56 Å². The zero-order valence-corrected chi connectivity index (χ0v) is 13.9. The zero-order valence-electron chi connectivity index (χ0n) is 13.9. The van der Waals surface area contributed by atoms with E-state index in [2.05, 4.69) is 37.4 Å². The van der Waals surface area contributed by atoms with E-state index >= 15 is 0 Å². The molecule has 0 amide bonds. The lowest BCUT2D eigenvalue weighted by Gasteiger charge is -2.29. The Morgan fingerprint density at radius 2 is 1.86 bits per heavy atom. The first-order valence-corrected chi connectivity index (χ1v) is 8.96. The van der Waals surface area contributed by atoms with Gasteiger partial charge in [-0.3, -0.25) is 0 Å². The summed E-state index contributed by atoms with van der Waals surface area (Å²) in [5, 5.41) is 3.73. The predicted octanol–water partition coefficient (Wildman–Crippen LogP) is 4.94. The van der Waals surface area contributed by atoms with Gasteiger partial charge in [-0.15, -0.1) is 0 Å². The van der Waals surface area contributed by atoms with Crippen LogP contribution in [0.1, 0.15) is 68.1 Å². The lowest BCUT2D eigenvalue weighted by molar-refractivity contribution is 0.245. The van der Waals surface area contributed by atoms with Crippen molar-refractivity contribution in [2.75, 3.05) is 6.54 Å². The first-order valence-electron chi connectivity index (χ1n) is 8.96. The summed E-state index contributed by atoms with van der Waals surface area (Å²) >= 11 is 0. The van der Waals surface area contributed by atoms with Crippen LogP contribution in [-0.4, -0.2) is 12.6 Å². The maximum absolute atomic E-state index is 3.73. The van der Waals surface area contributed by atoms with Gasteiger partial charge < -0.3 is 5.32 Å². The van der Waals surface area contributed by atoms with Crippen LogP contribution in [0.2, 0.25) is 0 Å². The van der Waals surface area contributed by atoms with E-state index in [-0.39, 0.29) is 0 Å². The molecule has 1 aromatic carbocycles. The van der Waals surface area contributed by atoms with E-state index in [9.17, 15) is 0 Å². The molecule has 2 aliphatic rings. The largest absolute Gasteiger partial charge is 0.314 e. The fraction of sp³-hybridized carbons (Fsp3) is 0.700. The molecule has 0 bridgehead atoms. The fourth-order valence-electron chi connectivity index (χ4n) is 4.11. The summed E-state index contributed by atoms with van der Waals surface area (Å²) in [6, 6.07) is 7.84. The molecule has 0 saturated heterocycles. The molecule has 3 rings (SSSR count). The summed E-state index contributed by atoms with van der Waals surface area (Å²) in [4.78, 5) is 0. The van der Waals surface area contributed by atoms with Gasteiger partial charge in [0.2, 0.25) is 0 Å². The second-order valence-corrected chi connectivity index (χ2v) is 7.62. The predicted molar refractivity (Wildman–Crippen MR) is 90.8 cm³/mol. The van der Waals surface area contributed by atoms with Crippen molar-refractivity contribution in [1.82, 2.24) is 5.32 Å². The first-order chi connectivity index (χ1) is 10.2. The summed E-state index contributed by atoms with van der Waals surface area (Å²) in [5.74, 6) is 0. The zero-order chi connectivity index (χ0) is 14.7.